The molecule has 11 heteroatoms. The quantitative estimate of drug-likeness (QED) is 0.734. The second-order valence-electron chi connectivity index (χ2n) is 4.77. The summed E-state index contributed by atoms with van der Waals surface area (Å²) in [5.74, 6) is -2.06. The minimum Gasteiger partial charge on any atom is -0.478 e. The van der Waals surface area contributed by atoms with Crippen molar-refractivity contribution in [3.8, 4) is 0 Å². The molecule has 0 amide bonds. The molecule has 0 spiro atoms. The zero-order chi connectivity index (χ0) is 16.7. The van der Waals surface area contributed by atoms with Gasteiger partial charge in [-0.15, -0.1) is 11.6 Å². The molecule has 0 aromatic heterocycles. The number of carboxylic acid groups (broad SMARTS) is 1. The number of halogens is 2. The molecule has 2 rings (SSSR count). The normalized spacial score (nSPS) is 24.3. The average Bonchev–Trinajstić information content (AvgIpc) is 2.61. The highest BCUT2D eigenvalue weighted by atomic mass is 35.5. The molecule has 1 aromatic rings. The monoisotopic (exact) mass is 387 g/mol. The predicted octanol–water partition coefficient (Wildman–Crippen LogP) is 0.721. The summed E-state index contributed by atoms with van der Waals surface area (Å²) in [5, 5.41) is 7.82. The topological polar surface area (TPSA) is 118 Å². The summed E-state index contributed by atoms with van der Waals surface area (Å²) in [6, 6.07) is 2.21. The number of sulfone groups is 1. The van der Waals surface area contributed by atoms with Gasteiger partial charge in [-0.25, -0.2) is 26.4 Å². The van der Waals surface area contributed by atoms with E-state index in [2.05, 4.69) is 4.72 Å². The average molecular weight is 388 g/mol. The largest absolute Gasteiger partial charge is 0.478 e. The van der Waals surface area contributed by atoms with Crippen molar-refractivity contribution in [2.75, 3.05) is 11.5 Å². The first-order valence-corrected chi connectivity index (χ1v) is 10.0. The van der Waals surface area contributed by atoms with Gasteiger partial charge in [-0.1, -0.05) is 11.6 Å². The van der Waals surface area contributed by atoms with Gasteiger partial charge in [0.25, 0.3) is 0 Å². The molecule has 0 bridgehead atoms. The van der Waals surface area contributed by atoms with Crippen LogP contribution in [0.25, 0.3) is 0 Å². The molecule has 22 heavy (non-hydrogen) atoms. The van der Waals surface area contributed by atoms with Crippen LogP contribution < -0.4 is 4.72 Å². The predicted molar refractivity (Wildman–Crippen MR) is 80.8 cm³/mol. The van der Waals surface area contributed by atoms with Gasteiger partial charge in [0.15, 0.2) is 9.84 Å². The molecule has 1 aliphatic rings. The van der Waals surface area contributed by atoms with Crippen LogP contribution in [0.5, 0.6) is 0 Å². The number of hydrogen-bond donors (Lipinski definition) is 2. The standard InChI is InChI=1S/C11H11Cl2NO6S2/c12-7-2-1-6(11(15)16)3-10(7)22(19,20)14-9-5-21(17,18)4-8(9)13/h1-3,8-9,14H,4-5H2,(H,15,16)/t8-,9-/m1/s1. The molecule has 1 aliphatic heterocycles. The molecule has 0 radical (unpaired) electrons. The van der Waals surface area contributed by atoms with Crippen LogP contribution in [0.3, 0.4) is 0 Å². The number of rotatable bonds is 4. The van der Waals surface area contributed by atoms with E-state index in [0.29, 0.717) is 0 Å². The number of carbonyl (C=O) groups is 1. The summed E-state index contributed by atoms with van der Waals surface area (Å²) in [5.41, 5.74) is -0.258. The molecule has 2 N–H and O–H groups in total. The van der Waals surface area contributed by atoms with Crippen LogP contribution in [-0.4, -0.2) is 50.8 Å². The molecule has 122 valence electrons. The van der Waals surface area contributed by atoms with Gasteiger partial charge >= 0.3 is 5.97 Å². The summed E-state index contributed by atoms with van der Waals surface area (Å²) >= 11 is 11.6. The molecule has 1 aromatic carbocycles. The van der Waals surface area contributed by atoms with Gasteiger partial charge in [0.2, 0.25) is 10.0 Å². The van der Waals surface area contributed by atoms with Crippen LogP contribution in [0.2, 0.25) is 5.02 Å². The number of benzene rings is 1. The first-order valence-electron chi connectivity index (χ1n) is 5.91. The van der Waals surface area contributed by atoms with E-state index in [1.807, 2.05) is 0 Å². The molecule has 1 saturated heterocycles. The molecule has 1 heterocycles. The van der Waals surface area contributed by atoms with Crippen molar-refractivity contribution in [3.63, 3.8) is 0 Å². The Hall–Kier alpha value is -0.870. The van der Waals surface area contributed by atoms with E-state index in [1.54, 1.807) is 0 Å². The van der Waals surface area contributed by atoms with Crippen LogP contribution in [0, 0.1) is 0 Å². The maximum absolute atomic E-state index is 12.3. The third-order valence-electron chi connectivity index (χ3n) is 3.06. The van der Waals surface area contributed by atoms with E-state index < -0.39 is 47.9 Å². The van der Waals surface area contributed by atoms with Gasteiger partial charge in [-0.2, -0.15) is 0 Å². The van der Waals surface area contributed by atoms with E-state index in [-0.39, 0.29) is 16.3 Å². The lowest BCUT2D eigenvalue weighted by molar-refractivity contribution is 0.0696. The Kier molecular flexibility index (Phi) is 4.74. The molecule has 0 saturated carbocycles. The van der Waals surface area contributed by atoms with Crippen molar-refractivity contribution in [2.45, 2.75) is 16.3 Å². The number of aromatic carboxylic acids is 1. The first kappa shape index (κ1) is 17.5. The van der Waals surface area contributed by atoms with Crippen molar-refractivity contribution in [1.82, 2.24) is 4.72 Å². The Morgan fingerprint density at radius 3 is 2.45 bits per heavy atom. The van der Waals surface area contributed by atoms with Gasteiger partial charge in [-0.3, -0.25) is 0 Å². The Bertz CT molecular complexity index is 821. The van der Waals surface area contributed by atoms with Crippen molar-refractivity contribution in [1.29, 1.82) is 0 Å². The van der Waals surface area contributed by atoms with Gasteiger partial charge in [0.05, 0.1) is 33.5 Å². The van der Waals surface area contributed by atoms with Crippen molar-refractivity contribution in [2.24, 2.45) is 0 Å². The first-order chi connectivity index (χ1) is 10.0. The van der Waals surface area contributed by atoms with Crippen LogP contribution in [-0.2, 0) is 19.9 Å². The molecular weight excluding hydrogens is 377 g/mol. The smallest absolute Gasteiger partial charge is 0.335 e. The molecular formula is C11H11Cl2NO6S2. The Morgan fingerprint density at radius 2 is 1.95 bits per heavy atom. The number of nitrogens with one attached hydrogen (secondary N) is 1. The second kappa shape index (κ2) is 5.97. The molecule has 2 atom stereocenters. The maximum Gasteiger partial charge on any atom is 0.335 e. The summed E-state index contributed by atoms with van der Waals surface area (Å²) in [4.78, 5) is 10.5. The minimum absolute atomic E-state index is 0.176. The highest BCUT2D eigenvalue weighted by Crippen LogP contribution is 2.25. The SMILES string of the molecule is O=C(O)c1ccc(Cl)c(S(=O)(=O)N[C@@H]2CS(=O)(=O)C[C@H]2Cl)c1. The lowest BCUT2D eigenvalue weighted by Crippen LogP contribution is -2.40. The van der Waals surface area contributed by atoms with E-state index >= 15 is 0 Å². The van der Waals surface area contributed by atoms with Crippen molar-refractivity contribution in [3.05, 3.63) is 28.8 Å². The number of sulfonamides is 1. The fourth-order valence-corrected chi connectivity index (χ4v) is 6.55. The fraction of sp³-hybridized carbons (Fsp3) is 0.364. The molecule has 1 fully saturated rings. The van der Waals surface area contributed by atoms with Gasteiger partial charge in [0, 0.05) is 0 Å². The van der Waals surface area contributed by atoms with Crippen LogP contribution in [0.15, 0.2) is 23.1 Å². The maximum atomic E-state index is 12.3. The third-order valence-corrected chi connectivity index (χ3v) is 7.40. The van der Waals surface area contributed by atoms with Crippen LogP contribution in [0.4, 0.5) is 0 Å². The summed E-state index contributed by atoms with van der Waals surface area (Å²) in [7, 11) is -7.62. The molecule has 0 unspecified atom stereocenters. The van der Waals surface area contributed by atoms with E-state index in [4.69, 9.17) is 28.3 Å². The van der Waals surface area contributed by atoms with E-state index in [1.165, 1.54) is 0 Å². The van der Waals surface area contributed by atoms with E-state index in [0.717, 1.165) is 18.2 Å². The van der Waals surface area contributed by atoms with Crippen molar-refractivity contribution >= 4 is 49.0 Å². The second-order valence-corrected chi connectivity index (χ2v) is 9.58. The highest BCUT2D eigenvalue weighted by molar-refractivity contribution is 7.92. The Balaban J connectivity index is 2.35. The zero-order valence-electron chi connectivity index (χ0n) is 10.9. The minimum atomic E-state index is -4.21. The van der Waals surface area contributed by atoms with Gasteiger partial charge in [-0.05, 0) is 18.2 Å². The van der Waals surface area contributed by atoms with Crippen LogP contribution in [0.1, 0.15) is 10.4 Å². The number of carboxylic acids is 1. The summed E-state index contributed by atoms with van der Waals surface area (Å²) in [6.45, 7) is 0. The van der Waals surface area contributed by atoms with Gasteiger partial charge in [0.1, 0.15) is 4.90 Å². The fourth-order valence-electron chi connectivity index (χ4n) is 2.02. The summed E-state index contributed by atoms with van der Waals surface area (Å²) < 4.78 is 49.7. The lowest BCUT2D eigenvalue weighted by Gasteiger charge is -2.15. The Labute approximate surface area is 137 Å². The lowest BCUT2D eigenvalue weighted by atomic mass is 10.2. The van der Waals surface area contributed by atoms with Crippen LogP contribution >= 0.6 is 23.2 Å². The summed E-state index contributed by atoms with van der Waals surface area (Å²) in [6.07, 6.45) is 0. The van der Waals surface area contributed by atoms with Crippen molar-refractivity contribution < 1.29 is 26.7 Å². The molecule has 0 aliphatic carbocycles. The third kappa shape index (κ3) is 3.72. The van der Waals surface area contributed by atoms with E-state index in [9.17, 15) is 21.6 Å². The highest BCUT2D eigenvalue weighted by Gasteiger charge is 2.39. The Morgan fingerprint density at radius 1 is 1.32 bits per heavy atom. The molecule has 7 nitrogen and oxygen atoms in total. The number of alkyl halides is 1. The van der Waals surface area contributed by atoms with Gasteiger partial charge < -0.3 is 5.11 Å². The number of hydrogen-bond acceptors (Lipinski definition) is 5. The zero-order valence-corrected chi connectivity index (χ0v) is 14.0.